The van der Waals surface area contributed by atoms with E-state index < -0.39 is 5.41 Å². The van der Waals surface area contributed by atoms with Crippen LogP contribution in [0.4, 0.5) is 0 Å². The molecule has 3 heterocycles. The first-order chi connectivity index (χ1) is 14.9. The number of pyridine rings is 2. The van der Waals surface area contributed by atoms with Crippen molar-refractivity contribution in [1.29, 1.82) is 0 Å². The summed E-state index contributed by atoms with van der Waals surface area (Å²) in [5.74, 6) is 0.544. The van der Waals surface area contributed by atoms with Crippen molar-refractivity contribution in [2.24, 2.45) is 5.41 Å². The second-order valence-corrected chi connectivity index (χ2v) is 8.73. The van der Waals surface area contributed by atoms with Crippen LogP contribution < -0.4 is 4.74 Å². The van der Waals surface area contributed by atoms with Crippen molar-refractivity contribution in [3.05, 3.63) is 88.8 Å². The van der Waals surface area contributed by atoms with E-state index in [0.717, 1.165) is 34.3 Å². The number of carbonyl (C=O) groups is 1. The lowest BCUT2D eigenvalue weighted by Crippen LogP contribution is -2.19. The molecule has 0 unspecified atom stereocenters. The number of rotatable bonds is 8. The number of carbonyl (C=O) groups excluding carboxylic acids is 1. The second-order valence-electron chi connectivity index (χ2n) is 8.30. The number of halogens is 1. The van der Waals surface area contributed by atoms with Gasteiger partial charge >= 0.3 is 0 Å². The summed E-state index contributed by atoms with van der Waals surface area (Å²) in [4.78, 5) is 20.5. The molecule has 4 aromatic rings. The van der Waals surface area contributed by atoms with Gasteiger partial charge in [-0.1, -0.05) is 43.6 Å². The normalized spacial score (nSPS) is 11.6. The average Bonchev–Trinajstić information content (AvgIpc) is 3.10. The third-order valence-corrected chi connectivity index (χ3v) is 5.37. The van der Waals surface area contributed by atoms with Crippen molar-refractivity contribution >= 4 is 28.9 Å². The molecule has 0 N–H and O–H groups in total. The maximum absolute atomic E-state index is 11.6. The number of hydrogen-bond donors (Lipinski definition) is 0. The molecule has 0 bridgehead atoms. The monoisotopic (exact) mass is 433 g/mol. The Kier molecular flexibility index (Phi) is 6.05. The van der Waals surface area contributed by atoms with E-state index in [4.69, 9.17) is 21.3 Å². The van der Waals surface area contributed by atoms with Crippen LogP contribution >= 0.6 is 11.6 Å². The average molecular weight is 434 g/mol. The van der Waals surface area contributed by atoms with E-state index in [9.17, 15) is 4.79 Å². The Morgan fingerprint density at radius 1 is 1.10 bits per heavy atom. The Balaban J connectivity index is 1.66. The first kappa shape index (κ1) is 21.1. The molecule has 158 valence electrons. The Labute approximate surface area is 186 Å². The zero-order valence-electron chi connectivity index (χ0n) is 17.6. The zero-order valence-corrected chi connectivity index (χ0v) is 18.3. The predicted molar refractivity (Wildman–Crippen MR) is 122 cm³/mol. The predicted octanol–water partition coefficient (Wildman–Crippen LogP) is 5.48. The van der Waals surface area contributed by atoms with Crippen molar-refractivity contribution < 1.29 is 9.53 Å². The third kappa shape index (κ3) is 5.12. The van der Waals surface area contributed by atoms with Crippen molar-refractivity contribution in [1.82, 2.24) is 14.5 Å². The number of benzene rings is 1. The van der Waals surface area contributed by atoms with Gasteiger partial charge in [0.15, 0.2) is 0 Å². The number of ether oxygens (including phenoxy) is 1. The van der Waals surface area contributed by atoms with Gasteiger partial charge in [0.25, 0.3) is 0 Å². The van der Waals surface area contributed by atoms with Crippen LogP contribution in [0.3, 0.4) is 0 Å². The van der Waals surface area contributed by atoms with Crippen LogP contribution in [-0.4, -0.2) is 20.8 Å². The smallest absolute Gasteiger partial charge is 0.214 e. The molecule has 0 saturated carbocycles. The Bertz CT molecular complexity index is 1180. The lowest BCUT2D eigenvalue weighted by atomic mass is 9.90. The van der Waals surface area contributed by atoms with Gasteiger partial charge in [0, 0.05) is 34.9 Å². The maximum Gasteiger partial charge on any atom is 0.214 e. The molecule has 3 aromatic heterocycles. The highest BCUT2D eigenvalue weighted by Gasteiger charge is 2.21. The van der Waals surface area contributed by atoms with Crippen molar-refractivity contribution in [3.63, 3.8) is 0 Å². The summed E-state index contributed by atoms with van der Waals surface area (Å²) in [6, 6.07) is 19.5. The summed E-state index contributed by atoms with van der Waals surface area (Å²) in [7, 11) is 0. The van der Waals surface area contributed by atoms with Crippen molar-refractivity contribution in [2.45, 2.75) is 33.4 Å². The summed E-state index contributed by atoms with van der Waals surface area (Å²) < 4.78 is 8.06. The molecule has 0 amide bonds. The van der Waals surface area contributed by atoms with E-state index in [1.807, 2.05) is 74.5 Å². The fourth-order valence-corrected chi connectivity index (χ4v) is 3.63. The SMILES string of the molecule is CC(C)(C=O)Cc1cc2nc(OCc3ccccn3)ccc2n1Cc1ccc(Cl)cc1. The molecule has 0 aliphatic heterocycles. The van der Waals surface area contributed by atoms with Crippen LogP contribution in [0.15, 0.2) is 66.9 Å². The lowest BCUT2D eigenvalue weighted by Gasteiger charge is -2.19. The molecule has 0 radical (unpaired) electrons. The van der Waals surface area contributed by atoms with Crippen LogP contribution in [0.5, 0.6) is 5.88 Å². The molecular formula is C25H24ClN3O2. The second kappa shape index (κ2) is 8.90. The number of nitrogens with zero attached hydrogens (tertiary/aromatic N) is 3. The molecule has 0 aliphatic carbocycles. The van der Waals surface area contributed by atoms with Gasteiger partial charge in [0.05, 0.1) is 16.7 Å². The van der Waals surface area contributed by atoms with Gasteiger partial charge in [0.1, 0.15) is 12.9 Å². The van der Waals surface area contributed by atoms with Crippen molar-refractivity contribution in [2.75, 3.05) is 0 Å². The molecule has 5 nitrogen and oxygen atoms in total. The lowest BCUT2D eigenvalue weighted by molar-refractivity contribution is -0.114. The first-order valence-electron chi connectivity index (χ1n) is 10.2. The van der Waals surface area contributed by atoms with Gasteiger partial charge in [-0.15, -0.1) is 0 Å². The molecule has 1 aromatic carbocycles. The van der Waals surface area contributed by atoms with Crippen LogP contribution in [0, 0.1) is 5.41 Å². The Morgan fingerprint density at radius 2 is 1.90 bits per heavy atom. The van der Waals surface area contributed by atoms with E-state index in [2.05, 4.69) is 9.55 Å². The summed E-state index contributed by atoms with van der Waals surface area (Å²) in [6.07, 6.45) is 3.37. The molecule has 0 saturated heterocycles. The van der Waals surface area contributed by atoms with E-state index in [1.54, 1.807) is 6.20 Å². The van der Waals surface area contributed by atoms with Crippen LogP contribution in [-0.2, 0) is 24.4 Å². The summed E-state index contributed by atoms with van der Waals surface area (Å²) in [5.41, 5.74) is 4.39. The molecule has 0 atom stereocenters. The van der Waals surface area contributed by atoms with Gasteiger partial charge in [-0.25, -0.2) is 4.98 Å². The zero-order chi connectivity index (χ0) is 21.8. The molecule has 0 aliphatic rings. The van der Waals surface area contributed by atoms with E-state index in [1.165, 1.54) is 0 Å². The summed E-state index contributed by atoms with van der Waals surface area (Å²) in [5, 5.41) is 0.708. The molecule has 0 fully saturated rings. The minimum atomic E-state index is -0.468. The highest BCUT2D eigenvalue weighted by atomic mass is 35.5. The molecule has 31 heavy (non-hydrogen) atoms. The van der Waals surface area contributed by atoms with E-state index in [0.29, 0.717) is 30.5 Å². The molecular weight excluding hydrogens is 410 g/mol. The van der Waals surface area contributed by atoms with E-state index in [-0.39, 0.29) is 0 Å². The van der Waals surface area contributed by atoms with Crippen LogP contribution in [0.1, 0.15) is 30.8 Å². The molecule has 0 spiro atoms. The Morgan fingerprint density at radius 3 is 2.61 bits per heavy atom. The van der Waals surface area contributed by atoms with Gasteiger partial charge < -0.3 is 14.1 Å². The number of hydrogen-bond acceptors (Lipinski definition) is 4. The van der Waals surface area contributed by atoms with Crippen molar-refractivity contribution in [3.8, 4) is 5.88 Å². The minimum Gasteiger partial charge on any atom is -0.471 e. The molecule has 4 rings (SSSR count). The Hall–Kier alpha value is -3.18. The molecule has 6 heteroatoms. The number of aldehydes is 1. The van der Waals surface area contributed by atoms with E-state index >= 15 is 0 Å². The van der Waals surface area contributed by atoms with Gasteiger partial charge in [0.2, 0.25) is 5.88 Å². The van der Waals surface area contributed by atoms with Gasteiger partial charge in [-0.05, 0) is 48.4 Å². The minimum absolute atomic E-state index is 0.357. The topological polar surface area (TPSA) is 57.0 Å². The van der Waals surface area contributed by atoms with Crippen LogP contribution in [0.25, 0.3) is 11.0 Å². The fraction of sp³-hybridized carbons (Fsp3) is 0.240. The highest BCUT2D eigenvalue weighted by molar-refractivity contribution is 6.30. The highest BCUT2D eigenvalue weighted by Crippen LogP contribution is 2.28. The standard InChI is InChI=1S/C25H24ClN3O2/c1-25(2,17-30)14-21-13-22-23(29(21)15-18-6-8-19(26)9-7-18)10-11-24(28-22)31-16-20-5-3-4-12-27-20/h3-13,17H,14-16H2,1-2H3. The largest absolute Gasteiger partial charge is 0.471 e. The number of aromatic nitrogens is 3. The summed E-state index contributed by atoms with van der Waals surface area (Å²) >= 11 is 6.04. The third-order valence-electron chi connectivity index (χ3n) is 5.12. The maximum atomic E-state index is 11.6. The quantitative estimate of drug-likeness (QED) is 0.345. The van der Waals surface area contributed by atoms with Gasteiger partial charge in [-0.2, -0.15) is 0 Å². The summed E-state index contributed by atoms with van der Waals surface area (Å²) in [6.45, 7) is 4.91. The van der Waals surface area contributed by atoms with Gasteiger partial charge in [-0.3, -0.25) is 4.98 Å². The number of fused-ring (bicyclic) bond motifs is 1. The fourth-order valence-electron chi connectivity index (χ4n) is 3.50. The first-order valence-corrected chi connectivity index (χ1v) is 10.5. The van der Waals surface area contributed by atoms with Crippen LogP contribution in [0.2, 0.25) is 5.02 Å².